The van der Waals surface area contributed by atoms with Gasteiger partial charge in [-0.05, 0) is 67.4 Å². The largest absolute Gasteiger partial charge is 0.494 e. The summed E-state index contributed by atoms with van der Waals surface area (Å²) in [5, 5.41) is 1.69. The summed E-state index contributed by atoms with van der Waals surface area (Å²) in [5.74, 6) is 0.125. The number of carbonyl (C=O) groups excluding carboxylic acids is 2. The van der Waals surface area contributed by atoms with Crippen LogP contribution in [0.3, 0.4) is 0 Å². The monoisotopic (exact) mass is 472 g/mol. The van der Waals surface area contributed by atoms with Crippen LogP contribution in [0.2, 0.25) is 0 Å². The molecular weight excluding hydrogens is 444 g/mol. The number of ether oxygens (including phenoxy) is 2. The van der Waals surface area contributed by atoms with Crippen LogP contribution in [0.25, 0.3) is 0 Å². The molecular formula is C28H28N2O5. The normalized spacial score (nSPS) is 21.4. The molecule has 7 nitrogen and oxygen atoms in total. The Hall–Kier alpha value is -3.84. The molecule has 2 heterocycles. The molecule has 2 fully saturated rings. The highest BCUT2D eigenvalue weighted by Gasteiger charge is 2.60. The maximum Gasteiger partial charge on any atom is 0.266 e. The van der Waals surface area contributed by atoms with Crippen molar-refractivity contribution in [2.45, 2.75) is 32.4 Å². The fourth-order valence-corrected chi connectivity index (χ4v) is 4.65. The predicted octanol–water partition coefficient (Wildman–Crippen LogP) is 4.93. The molecule has 0 aromatic heterocycles. The molecule has 180 valence electrons. The third-order valence-corrected chi connectivity index (χ3v) is 6.23. The van der Waals surface area contributed by atoms with E-state index in [0.717, 1.165) is 23.4 Å². The molecule has 0 saturated carbocycles. The van der Waals surface area contributed by atoms with E-state index in [1.54, 1.807) is 29.3 Å². The van der Waals surface area contributed by atoms with Crippen LogP contribution < -0.4 is 19.4 Å². The second-order valence-corrected chi connectivity index (χ2v) is 8.51. The molecule has 2 aliphatic rings. The first-order chi connectivity index (χ1) is 17.1. The molecule has 5 rings (SSSR count). The van der Waals surface area contributed by atoms with E-state index in [2.05, 4.69) is 0 Å². The first-order valence-corrected chi connectivity index (χ1v) is 12.0. The summed E-state index contributed by atoms with van der Waals surface area (Å²) in [4.78, 5) is 34.6. The van der Waals surface area contributed by atoms with Crippen molar-refractivity contribution in [3.8, 4) is 11.5 Å². The molecule has 3 aromatic carbocycles. The van der Waals surface area contributed by atoms with E-state index in [4.69, 9.17) is 14.3 Å². The molecule has 0 radical (unpaired) electrons. The summed E-state index contributed by atoms with van der Waals surface area (Å²) in [7, 11) is 0. The summed E-state index contributed by atoms with van der Waals surface area (Å²) >= 11 is 0. The minimum atomic E-state index is -0.907. The molecule has 0 unspecified atom stereocenters. The van der Waals surface area contributed by atoms with Crippen molar-refractivity contribution < 1.29 is 23.9 Å². The molecule has 0 bridgehead atoms. The Bertz CT molecular complexity index is 1180. The maximum atomic E-state index is 13.7. The number of rotatable bonds is 8. The van der Waals surface area contributed by atoms with Crippen LogP contribution in [0.1, 0.15) is 31.9 Å². The lowest BCUT2D eigenvalue weighted by molar-refractivity contribution is -0.126. The predicted molar refractivity (Wildman–Crippen MR) is 132 cm³/mol. The summed E-state index contributed by atoms with van der Waals surface area (Å²) in [6.45, 7) is 5.14. The first kappa shape index (κ1) is 22.9. The smallest absolute Gasteiger partial charge is 0.266 e. The van der Waals surface area contributed by atoms with Crippen molar-refractivity contribution in [2.75, 3.05) is 23.2 Å². The van der Waals surface area contributed by atoms with Crippen molar-refractivity contribution in [3.05, 3.63) is 84.4 Å². The SMILES string of the molecule is CCCOc1ccc(N2C(=O)[C@H]3[C@H](ON(c4ccccc4)[C@H]3c3ccc(OCC)cc3)C2=O)cc1. The Morgan fingerprint density at radius 1 is 0.771 bits per heavy atom. The van der Waals surface area contributed by atoms with E-state index >= 15 is 0 Å². The fourth-order valence-electron chi connectivity index (χ4n) is 4.65. The average Bonchev–Trinajstić information content (AvgIpc) is 3.40. The number of nitrogens with zero attached hydrogens (tertiary/aromatic N) is 2. The number of anilines is 2. The third-order valence-electron chi connectivity index (χ3n) is 6.23. The number of hydroxylamine groups is 1. The number of para-hydroxylation sites is 1. The van der Waals surface area contributed by atoms with E-state index in [0.29, 0.717) is 24.7 Å². The number of benzene rings is 3. The lowest BCUT2D eigenvalue weighted by Gasteiger charge is -2.29. The molecule has 3 atom stereocenters. The van der Waals surface area contributed by atoms with Crippen molar-refractivity contribution in [1.82, 2.24) is 0 Å². The molecule has 0 N–H and O–H groups in total. The fraction of sp³-hybridized carbons (Fsp3) is 0.286. The molecule has 2 saturated heterocycles. The van der Waals surface area contributed by atoms with E-state index in [1.165, 1.54) is 4.90 Å². The van der Waals surface area contributed by atoms with Crippen molar-refractivity contribution >= 4 is 23.2 Å². The van der Waals surface area contributed by atoms with Gasteiger partial charge in [-0.25, -0.2) is 9.96 Å². The zero-order valence-corrected chi connectivity index (χ0v) is 19.8. The first-order valence-electron chi connectivity index (χ1n) is 12.0. The quantitative estimate of drug-likeness (QED) is 0.433. The van der Waals surface area contributed by atoms with Gasteiger partial charge < -0.3 is 9.47 Å². The zero-order chi connectivity index (χ0) is 24.4. The third kappa shape index (κ3) is 4.23. The van der Waals surface area contributed by atoms with Gasteiger partial charge in [-0.3, -0.25) is 14.4 Å². The highest BCUT2D eigenvalue weighted by Crippen LogP contribution is 2.47. The highest BCUT2D eigenvalue weighted by atomic mass is 16.7. The van der Waals surface area contributed by atoms with Gasteiger partial charge in [0, 0.05) is 0 Å². The van der Waals surface area contributed by atoms with Crippen molar-refractivity contribution in [2.24, 2.45) is 5.92 Å². The van der Waals surface area contributed by atoms with Gasteiger partial charge in [0.1, 0.15) is 17.4 Å². The molecule has 2 amide bonds. The van der Waals surface area contributed by atoms with Gasteiger partial charge in [-0.2, -0.15) is 0 Å². The molecule has 35 heavy (non-hydrogen) atoms. The van der Waals surface area contributed by atoms with Gasteiger partial charge in [0.05, 0.1) is 30.6 Å². The van der Waals surface area contributed by atoms with Gasteiger partial charge >= 0.3 is 0 Å². The number of imide groups is 1. The van der Waals surface area contributed by atoms with Crippen LogP contribution in [0.15, 0.2) is 78.9 Å². The zero-order valence-electron chi connectivity index (χ0n) is 19.8. The van der Waals surface area contributed by atoms with Gasteiger partial charge in [-0.15, -0.1) is 0 Å². The van der Waals surface area contributed by atoms with E-state index in [9.17, 15) is 9.59 Å². The Morgan fingerprint density at radius 2 is 1.43 bits per heavy atom. The number of amides is 2. The van der Waals surface area contributed by atoms with Crippen LogP contribution >= 0.6 is 0 Å². The number of fused-ring (bicyclic) bond motifs is 1. The Morgan fingerprint density at radius 3 is 2.09 bits per heavy atom. The summed E-state index contributed by atoms with van der Waals surface area (Å²) in [6.07, 6.45) is -0.00793. The molecule has 3 aromatic rings. The number of hydrogen-bond acceptors (Lipinski definition) is 6. The molecule has 0 spiro atoms. The Balaban J connectivity index is 1.48. The van der Waals surface area contributed by atoms with Gasteiger partial charge in [-0.1, -0.05) is 37.3 Å². The van der Waals surface area contributed by atoms with Crippen LogP contribution in [-0.2, 0) is 14.4 Å². The standard InChI is InChI=1S/C28H28N2O5/c1-3-18-34-23-16-12-20(13-17-23)29-27(31)24-25(19-10-14-22(15-11-19)33-4-2)30(35-26(24)28(29)32)21-8-6-5-7-9-21/h5-17,24-26H,3-4,18H2,1-2H3/t24-,25+,26+/m1/s1. The van der Waals surface area contributed by atoms with E-state index < -0.39 is 18.1 Å². The van der Waals surface area contributed by atoms with E-state index in [1.807, 2.05) is 68.4 Å². The lowest BCUT2D eigenvalue weighted by Crippen LogP contribution is -2.37. The second-order valence-electron chi connectivity index (χ2n) is 8.51. The average molecular weight is 473 g/mol. The van der Waals surface area contributed by atoms with Crippen molar-refractivity contribution in [3.63, 3.8) is 0 Å². The molecule has 7 heteroatoms. The summed E-state index contributed by atoms with van der Waals surface area (Å²) < 4.78 is 11.2. The second kappa shape index (κ2) is 9.80. The molecule has 2 aliphatic heterocycles. The van der Waals surface area contributed by atoms with Gasteiger partial charge in [0.2, 0.25) is 5.91 Å². The van der Waals surface area contributed by atoms with Crippen LogP contribution in [0.4, 0.5) is 11.4 Å². The Labute approximate surface area is 204 Å². The number of hydrogen-bond donors (Lipinski definition) is 0. The number of carbonyl (C=O) groups is 2. The molecule has 0 aliphatic carbocycles. The highest BCUT2D eigenvalue weighted by molar-refractivity contribution is 6.23. The summed E-state index contributed by atoms with van der Waals surface area (Å²) in [5.41, 5.74) is 2.17. The van der Waals surface area contributed by atoms with Crippen LogP contribution in [0.5, 0.6) is 11.5 Å². The minimum absolute atomic E-state index is 0.278. The Kier molecular flexibility index (Phi) is 6.42. The maximum absolute atomic E-state index is 13.7. The van der Waals surface area contributed by atoms with Crippen molar-refractivity contribution in [1.29, 1.82) is 0 Å². The minimum Gasteiger partial charge on any atom is -0.494 e. The van der Waals surface area contributed by atoms with E-state index in [-0.39, 0.29) is 11.8 Å². The van der Waals surface area contributed by atoms with Crippen LogP contribution in [0, 0.1) is 5.92 Å². The topological polar surface area (TPSA) is 68.3 Å². The summed E-state index contributed by atoms with van der Waals surface area (Å²) in [6, 6.07) is 23.7. The lowest BCUT2D eigenvalue weighted by atomic mass is 9.90. The van der Waals surface area contributed by atoms with Gasteiger partial charge in [0.25, 0.3) is 5.91 Å². The van der Waals surface area contributed by atoms with Crippen LogP contribution in [-0.4, -0.2) is 31.1 Å². The van der Waals surface area contributed by atoms with Gasteiger partial charge in [0.15, 0.2) is 6.10 Å².